The molecule has 2 aromatic heterocycles. The molecule has 1 amide bonds. The Morgan fingerprint density at radius 1 is 1.03 bits per heavy atom. The maximum atomic E-state index is 12.8. The molecule has 0 aliphatic rings. The first kappa shape index (κ1) is 21.5. The van der Waals surface area contributed by atoms with Crippen LogP contribution in [0.3, 0.4) is 0 Å². The van der Waals surface area contributed by atoms with Gasteiger partial charge in [0.25, 0.3) is 5.91 Å². The zero-order chi connectivity index (χ0) is 21.5. The Morgan fingerprint density at radius 3 is 2.53 bits per heavy atom. The van der Waals surface area contributed by atoms with Crippen LogP contribution in [-0.2, 0) is 10.5 Å². The molecule has 30 heavy (non-hydrogen) atoms. The van der Waals surface area contributed by atoms with Crippen molar-refractivity contribution in [2.24, 2.45) is 0 Å². The number of thioether (sulfide) groups is 1. The number of nitrogens with zero attached hydrogens (tertiary/aromatic N) is 2. The normalized spacial score (nSPS) is 10.5. The van der Waals surface area contributed by atoms with Crippen molar-refractivity contribution in [2.45, 2.75) is 31.6 Å². The van der Waals surface area contributed by atoms with Crippen molar-refractivity contribution in [2.75, 3.05) is 11.9 Å². The lowest BCUT2D eigenvalue weighted by Crippen LogP contribution is -2.14. The molecule has 0 fully saturated rings. The molecule has 1 aromatic carbocycles. The van der Waals surface area contributed by atoms with E-state index in [1.54, 1.807) is 37.5 Å². The molecule has 3 aromatic rings. The van der Waals surface area contributed by atoms with E-state index in [0.717, 1.165) is 22.4 Å². The first-order valence-electron chi connectivity index (χ1n) is 9.55. The molecule has 0 spiro atoms. The fraction of sp³-hybridized carbons (Fsp3) is 0.217. The lowest BCUT2D eigenvalue weighted by Gasteiger charge is -2.10. The third-order valence-electron chi connectivity index (χ3n) is 4.18. The second-order valence-electron chi connectivity index (χ2n) is 6.75. The van der Waals surface area contributed by atoms with Crippen LogP contribution in [0.2, 0.25) is 0 Å². The van der Waals surface area contributed by atoms with Crippen molar-refractivity contribution < 1.29 is 14.3 Å². The summed E-state index contributed by atoms with van der Waals surface area (Å²) in [5.41, 5.74) is 4.59. The summed E-state index contributed by atoms with van der Waals surface area (Å²) in [5.74, 6) is -0.122. The standard InChI is InChI=1S/C23H23N3O3S/c1-4-29-23(28)20-13-17(7-9-24-20)14-30-22-19(6-5-8-25-22)21(27)26-18-11-15(2)10-16(3)12-18/h5-13H,4,14H2,1-3H3,(H,26,27). The number of carbonyl (C=O) groups excluding carboxylic acids is 2. The molecule has 0 bridgehead atoms. The van der Waals surface area contributed by atoms with E-state index in [9.17, 15) is 9.59 Å². The van der Waals surface area contributed by atoms with E-state index in [2.05, 4.69) is 21.4 Å². The van der Waals surface area contributed by atoms with Crippen LogP contribution in [0.25, 0.3) is 0 Å². The Kier molecular flexibility index (Phi) is 7.19. The third kappa shape index (κ3) is 5.67. The van der Waals surface area contributed by atoms with Gasteiger partial charge in [-0.25, -0.2) is 14.8 Å². The van der Waals surface area contributed by atoms with Gasteiger partial charge in [0, 0.05) is 23.8 Å². The van der Waals surface area contributed by atoms with Crippen molar-refractivity contribution >= 4 is 29.3 Å². The predicted octanol–water partition coefficient (Wildman–Crippen LogP) is 4.81. The quantitative estimate of drug-likeness (QED) is 0.435. The Balaban J connectivity index is 1.73. The molecule has 6 nitrogen and oxygen atoms in total. The summed E-state index contributed by atoms with van der Waals surface area (Å²) in [6, 6.07) is 12.9. The van der Waals surface area contributed by atoms with Crippen LogP contribution in [0.1, 0.15) is 44.5 Å². The molecule has 0 saturated heterocycles. The van der Waals surface area contributed by atoms with Crippen LogP contribution in [0.15, 0.2) is 59.9 Å². The van der Waals surface area contributed by atoms with E-state index in [0.29, 0.717) is 22.9 Å². The van der Waals surface area contributed by atoms with Crippen LogP contribution in [0.5, 0.6) is 0 Å². The number of amides is 1. The largest absolute Gasteiger partial charge is 0.461 e. The minimum Gasteiger partial charge on any atom is -0.461 e. The number of carbonyl (C=O) groups is 2. The summed E-state index contributed by atoms with van der Waals surface area (Å²) in [5, 5.41) is 3.57. The predicted molar refractivity (Wildman–Crippen MR) is 118 cm³/mol. The first-order valence-corrected chi connectivity index (χ1v) is 10.5. The van der Waals surface area contributed by atoms with Gasteiger partial charge >= 0.3 is 5.97 Å². The highest BCUT2D eigenvalue weighted by Gasteiger charge is 2.14. The number of nitrogens with one attached hydrogen (secondary N) is 1. The highest BCUT2D eigenvalue weighted by Crippen LogP contribution is 2.25. The first-order chi connectivity index (χ1) is 14.5. The smallest absolute Gasteiger partial charge is 0.356 e. The van der Waals surface area contributed by atoms with E-state index in [-0.39, 0.29) is 11.6 Å². The van der Waals surface area contributed by atoms with E-state index >= 15 is 0 Å². The molecule has 0 aliphatic heterocycles. The fourth-order valence-corrected chi connectivity index (χ4v) is 3.89. The van der Waals surface area contributed by atoms with E-state index in [4.69, 9.17) is 4.74 Å². The summed E-state index contributed by atoms with van der Waals surface area (Å²) in [6.45, 7) is 6.04. The average molecular weight is 422 g/mol. The molecular weight excluding hydrogens is 398 g/mol. The van der Waals surface area contributed by atoms with Crippen LogP contribution < -0.4 is 5.32 Å². The van der Waals surface area contributed by atoms with Crippen LogP contribution in [-0.4, -0.2) is 28.5 Å². The molecule has 0 radical (unpaired) electrons. The lowest BCUT2D eigenvalue weighted by molar-refractivity contribution is 0.0519. The van der Waals surface area contributed by atoms with Crippen molar-refractivity contribution in [3.8, 4) is 0 Å². The van der Waals surface area contributed by atoms with Crippen molar-refractivity contribution in [1.82, 2.24) is 9.97 Å². The zero-order valence-corrected chi connectivity index (χ0v) is 18.0. The number of benzene rings is 1. The van der Waals surface area contributed by atoms with Gasteiger partial charge in [-0.3, -0.25) is 4.79 Å². The Bertz CT molecular complexity index is 1050. The molecule has 0 atom stereocenters. The molecule has 1 N–H and O–H groups in total. The van der Waals surface area contributed by atoms with Crippen LogP contribution in [0.4, 0.5) is 5.69 Å². The maximum Gasteiger partial charge on any atom is 0.356 e. The number of rotatable bonds is 7. The summed E-state index contributed by atoms with van der Waals surface area (Å²) < 4.78 is 5.00. The number of ether oxygens (including phenoxy) is 1. The van der Waals surface area contributed by atoms with Gasteiger partial charge in [0.15, 0.2) is 0 Å². The third-order valence-corrected chi connectivity index (χ3v) is 5.26. The average Bonchev–Trinajstić information content (AvgIpc) is 2.72. The summed E-state index contributed by atoms with van der Waals surface area (Å²) in [4.78, 5) is 33.2. The molecule has 0 saturated carbocycles. The van der Waals surface area contributed by atoms with Crippen molar-refractivity contribution in [3.05, 3.63) is 82.8 Å². The van der Waals surface area contributed by atoms with Gasteiger partial charge in [-0.1, -0.05) is 6.07 Å². The number of hydrogen-bond donors (Lipinski definition) is 1. The van der Waals surface area contributed by atoms with Crippen molar-refractivity contribution in [1.29, 1.82) is 0 Å². The minimum atomic E-state index is -0.448. The van der Waals surface area contributed by atoms with Gasteiger partial charge < -0.3 is 10.1 Å². The molecule has 0 unspecified atom stereocenters. The van der Waals surface area contributed by atoms with Gasteiger partial charge in [0.05, 0.1) is 12.2 Å². The molecule has 154 valence electrons. The van der Waals surface area contributed by atoms with Gasteiger partial charge in [-0.2, -0.15) is 0 Å². The van der Waals surface area contributed by atoms with E-state index in [1.165, 1.54) is 11.8 Å². The number of anilines is 1. The highest BCUT2D eigenvalue weighted by molar-refractivity contribution is 7.98. The topological polar surface area (TPSA) is 81.2 Å². The minimum absolute atomic E-state index is 0.211. The van der Waals surface area contributed by atoms with Gasteiger partial charge in [0.1, 0.15) is 10.7 Å². The summed E-state index contributed by atoms with van der Waals surface area (Å²) in [6.07, 6.45) is 3.24. The fourth-order valence-electron chi connectivity index (χ4n) is 2.96. The lowest BCUT2D eigenvalue weighted by atomic mass is 10.1. The molecule has 0 aliphatic carbocycles. The summed E-state index contributed by atoms with van der Waals surface area (Å²) in [7, 11) is 0. The maximum absolute atomic E-state index is 12.8. The van der Waals surface area contributed by atoms with E-state index in [1.807, 2.05) is 32.0 Å². The van der Waals surface area contributed by atoms with Crippen molar-refractivity contribution in [3.63, 3.8) is 0 Å². The molecule has 2 heterocycles. The monoisotopic (exact) mass is 421 g/mol. The molecular formula is C23H23N3O3S. The summed E-state index contributed by atoms with van der Waals surface area (Å²) >= 11 is 1.43. The second-order valence-corrected chi connectivity index (χ2v) is 7.71. The SMILES string of the molecule is CCOC(=O)c1cc(CSc2ncccc2C(=O)Nc2cc(C)cc(C)c2)ccn1. The van der Waals surface area contributed by atoms with Gasteiger partial charge in [-0.15, -0.1) is 11.8 Å². The Morgan fingerprint density at radius 2 is 1.80 bits per heavy atom. The number of esters is 1. The molecule has 3 rings (SSSR count). The Labute approximate surface area is 180 Å². The van der Waals surface area contributed by atoms with Gasteiger partial charge in [-0.05, 0) is 73.9 Å². The second kappa shape index (κ2) is 10.0. The Hall–Kier alpha value is -3.19. The van der Waals surface area contributed by atoms with Gasteiger partial charge in [0.2, 0.25) is 0 Å². The number of hydrogen-bond acceptors (Lipinski definition) is 6. The number of pyridine rings is 2. The van der Waals surface area contributed by atoms with E-state index < -0.39 is 5.97 Å². The zero-order valence-electron chi connectivity index (χ0n) is 17.1. The molecule has 7 heteroatoms. The number of aromatic nitrogens is 2. The number of aryl methyl sites for hydroxylation is 2. The van der Waals surface area contributed by atoms with Crippen LogP contribution in [0, 0.1) is 13.8 Å². The highest BCUT2D eigenvalue weighted by atomic mass is 32.2. The van der Waals surface area contributed by atoms with Crippen LogP contribution >= 0.6 is 11.8 Å².